The molecule has 2 nitrogen and oxygen atoms in total. The second-order valence-corrected chi connectivity index (χ2v) is 13.6. The lowest BCUT2D eigenvalue weighted by molar-refractivity contribution is 0.360. The predicted octanol–water partition coefficient (Wildman–Crippen LogP) is 7.29. The first-order valence-corrected chi connectivity index (χ1v) is 15.0. The summed E-state index contributed by atoms with van der Waals surface area (Å²) in [4.78, 5) is 0. The van der Waals surface area contributed by atoms with Crippen molar-refractivity contribution in [3.8, 4) is 0 Å². The highest BCUT2D eigenvalue weighted by Crippen LogP contribution is 2.59. The Balaban J connectivity index is 1.89. The Bertz CT molecular complexity index is 1100. The summed E-state index contributed by atoms with van der Waals surface area (Å²) in [5.74, 6) is 0. The van der Waals surface area contributed by atoms with Crippen molar-refractivity contribution in [3.05, 3.63) is 127 Å². The maximum Gasteiger partial charge on any atom is 0.0775 e. The molecule has 0 N–H and O–H groups in total. The van der Waals surface area contributed by atoms with E-state index in [-0.39, 0.29) is 0 Å². The Labute approximate surface area is 214 Å². The first kappa shape index (κ1) is 25.7. The van der Waals surface area contributed by atoms with Crippen LogP contribution in [0.1, 0.15) is 33.3 Å². The highest BCUT2D eigenvalue weighted by molar-refractivity contribution is 7.81. The number of benzene rings is 4. The topological polar surface area (TPSA) is 6.48 Å². The molecule has 1 unspecified atom stereocenters. The molecule has 0 amide bonds. The van der Waals surface area contributed by atoms with Gasteiger partial charge in [0.05, 0.1) is 8.22 Å². The zero-order valence-electron chi connectivity index (χ0n) is 21.2. The van der Waals surface area contributed by atoms with Gasteiger partial charge in [-0.05, 0) is 43.9 Å². The van der Waals surface area contributed by atoms with Crippen molar-refractivity contribution in [2.45, 2.75) is 46.3 Å². The highest BCUT2D eigenvalue weighted by Gasteiger charge is 2.37. The zero-order chi connectivity index (χ0) is 24.6. The van der Waals surface area contributed by atoms with Crippen LogP contribution in [0.15, 0.2) is 121 Å². The lowest BCUT2D eigenvalue weighted by Crippen LogP contribution is -2.40. The van der Waals surface area contributed by atoms with Gasteiger partial charge in [0, 0.05) is 32.0 Å². The van der Waals surface area contributed by atoms with E-state index in [1.807, 2.05) is 0 Å². The van der Waals surface area contributed by atoms with Gasteiger partial charge in [-0.25, -0.2) is 4.44 Å². The van der Waals surface area contributed by atoms with Gasteiger partial charge in [-0.3, -0.25) is 4.67 Å². The van der Waals surface area contributed by atoms with Crippen LogP contribution >= 0.6 is 16.3 Å². The molecule has 0 aromatic heterocycles. The van der Waals surface area contributed by atoms with Gasteiger partial charge in [-0.15, -0.1) is 0 Å². The summed E-state index contributed by atoms with van der Waals surface area (Å²) in [7, 11) is -1.50. The molecule has 0 saturated carbocycles. The summed E-state index contributed by atoms with van der Waals surface area (Å²) in [5.41, 5.74) is 1.36. The SMILES string of the molecule is CC(C)N(Cc1ccccc1)P(c1ccccc1)N(C(C)C)P(c1ccccc1)c1ccccc1. The maximum atomic E-state index is 2.83. The molecule has 4 aromatic carbocycles. The Kier molecular flexibility index (Phi) is 9.25. The number of nitrogens with zero attached hydrogens (tertiary/aromatic N) is 2. The smallest absolute Gasteiger partial charge is 0.0775 e. The van der Waals surface area contributed by atoms with E-state index in [4.69, 9.17) is 0 Å². The van der Waals surface area contributed by atoms with Crippen LogP contribution in [0.4, 0.5) is 0 Å². The van der Waals surface area contributed by atoms with Crippen LogP contribution < -0.4 is 15.9 Å². The third-order valence-electron chi connectivity index (χ3n) is 5.88. The molecule has 0 heterocycles. The minimum atomic E-state index is -0.776. The number of hydrogen-bond acceptors (Lipinski definition) is 2. The molecule has 0 spiro atoms. The van der Waals surface area contributed by atoms with Gasteiger partial charge in [0.2, 0.25) is 0 Å². The number of rotatable bonds is 10. The van der Waals surface area contributed by atoms with Crippen molar-refractivity contribution in [2.75, 3.05) is 0 Å². The van der Waals surface area contributed by atoms with E-state index in [9.17, 15) is 0 Å². The van der Waals surface area contributed by atoms with Crippen LogP contribution in [0.3, 0.4) is 0 Å². The zero-order valence-corrected chi connectivity index (χ0v) is 23.0. The molecule has 0 bridgehead atoms. The van der Waals surface area contributed by atoms with Gasteiger partial charge in [0.1, 0.15) is 0 Å². The van der Waals surface area contributed by atoms with Crippen molar-refractivity contribution in [2.24, 2.45) is 0 Å². The fourth-order valence-corrected chi connectivity index (χ4v) is 10.7. The van der Waals surface area contributed by atoms with E-state index in [1.165, 1.54) is 21.5 Å². The van der Waals surface area contributed by atoms with E-state index >= 15 is 0 Å². The Morgan fingerprint density at radius 3 is 1.31 bits per heavy atom. The van der Waals surface area contributed by atoms with Crippen molar-refractivity contribution in [1.82, 2.24) is 9.11 Å². The van der Waals surface area contributed by atoms with E-state index in [0.29, 0.717) is 12.1 Å². The van der Waals surface area contributed by atoms with Crippen LogP contribution in [0.5, 0.6) is 0 Å². The fraction of sp³-hybridized carbons (Fsp3) is 0.226. The summed E-state index contributed by atoms with van der Waals surface area (Å²) < 4.78 is 5.55. The summed E-state index contributed by atoms with van der Waals surface area (Å²) in [6, 6.07) is 45.0. The quantitative estimate of drug-likeness (QED) is 0.212. The average molecular weight is 499 g/mol. The Hall–Kier alpha value is -2.34. The first-order chi connectivity index (χ1) is 17.1. The normalized spacial score (nSPS) is 12.7. The third kappa shape index (κ3) is 6.46. The second-order valence-electron chi connectivity index (χ2n) is 9.20. The van der Waals surface area contributed by atoms with Crippen LogP contribution in [0, 0.1) is 0 Å². The van der Waals surface area contributed by atoms with Crippen molar-refractivity contribution >= 4 is 32.2 Å². The largest absolute Gasteiger partial charge is 0.259 e. The van der Waals surface area contributed by atoms with Crippen molar-refractivity contribution in [3.63, 3.8) is 0 Å². The van der Waals surface area contributed by atoms with E-state index < -0.39 is 16.3 Å². The van der Waals surface area contributed by atoms with E-state index in [2.05, 4.69) is 158 Å². The lowest BCUT2D eigenvalue weighted by atomic mass is 10.2. The molecule has 0 radical (unpaired) electrons. The van der Waals surface area contributed by atoms with Gasteiger partial charge < -0.3 is 0 Å². The van der Waals surface area contributed by atoms with Crippen LogP contribution in [-0.2, 0) is 6.54 Å². The summed E-state index contributed by atoms with van der Waals surface area (Å²) in [6.45, 7) is 10.3. The standard InChI is InChI=1S/C31H36N2P2/c1-26(2)32(25-28-17-9-5-10-18-28)35(31-23-15-8-16-24-31)33(27(3)4)34(29-19-11-6-12-20-29)30-21-13-7-14-22-30/h5-24,26-27H,25H2,1-4H3. The van der Waals surface area contributed by atoms with Gasteiger partial charge in [-0.2, -0.15) is 0 Å². The predicted molar refractivity (Wildman–Crippen MR) is 156 cm³/mol. The lowest BCUT2D eigenvalue weighted by Gasteiger charge is -2.47. The molecular formula is C31H36N2P2. The molecule has 0 fully saturated rings. The average Bonchev–Trinajstić information content (AvgIpc) is 2.90. The monoisotopic (exact) mass is 498 g/mol. The minimum absolute atomic E-state index is 0.366. The third-order valence-corrected chi connectivity index (χ3v) is 12.1. The molecule has 0 saturated heterocycles. The van der Waals surface area contributed by atoms with Crippen LogP contribution in [0.2, 0.25) is 0 Å². The van der Waals surface area contributed by atoms with E-state index in [1.54, 1.807) is 0 Å². The molecule has 180 valence electrons. The van der Waals surface area contributed by atoms with Gasteiger partial charge in [0.15, 0.2) is 0 Å². The summed E-state index contributed by atoms with van der Waals surface area (Å²) in [6.07, 6.45) is 0. The second kappa shape index (κ2) is 12.6. The highest BCUT2D eigenvalue weighted by atomic mass is 31.2. The Morgan fingerprint density at radius 1 is 0.514 bits per heavy atom. The molecule has 1 atom stereocenters. The van der Waals surface area contributed by atoms with Crippen molar-refractivity contribution in [1.29, 1.82) is 0 Å². The van der Waals surface area contributed by atoms with Gasteiger partial charge >= 0.3 is 0 Å². The van der Waals surface area contributed by atoms with Gasteiger partial charge in [0.25, 0.3) is 0 Å². The molecule has 4 rings (SSSR count). The molecular weight excluding hydrogens is 462 g/mol. The number of hydrogen-bond donors (Lipinski definition) is 0. The van der Waals surface area contributed by atoms with Crippen LogP contribution in [0.25, 0.3) is 0 Å². The molecule has 35 heavy (non-hydrogen) atoms. The molecule has 0 aliphatic heterocycles. The maximum absolute atomic E-state index is 2.83. The molecule has 0 aliphatic rings. The fourth-order valence-electron chi connectivity index (χ4n) is 4.24. The van der Waals surface area contributed by atoms with E-state index in [0.717, 1.165) is 6.54 Å². The molecule has 4 heteroatoms. The van der Waals surface area contributed by atoms with Gasteiger partial charge in [-0.1, -0.05) is 121 Å². The molecule has 4 aromatic rings. The Morgan fingerprint density at radius 2 is 0.914 bits per heavy atom. The summed E-state index contributed by atoms with van der Waals surface area (Å²) >= 11 is 0. The van der Waals surface area contributed by atoms with Crippen LogP contribution in [-0.4, -0.2) is 21.2 Å². The summed E-state index contributed by atoms with van der Waals surface area (Å²) in [5, 5.41) is 4.20. The first-order valence-electron chi connectivity index (χ1n) is 12.4. The minimum Gasteiger partial charge on any atom is -0.259 e. The van der Waals surface area contributed by atoms with Crippen molar-refractivity contribution < 1.29 is 0 Å². The molecule has 0 aliphatic carbocycles.